The predicted molar refractivity (Wildman–Crippen MR) is 102 cm³/mol. The summed E-state index contributed by atoms with van der Waals surface area (Å²) in [6.07, 6.45) is 3.73. The molecule has 1 fully saturated rings. The Morgan fingerprint density at radius 2 is 1.88 bits per heavy atom. The Morgan fingerprint density at radius 3 is 2.58 bits per heavy atom. The Bertz CT molecular complexity index is 855. The third-order valence-electron chi connectivity index (χ3n) is 5.10. The van der Waals surface area contributed by atoms with Crippen molar-refractivity contribution in [3.63, 3.8) is 0 Å². The molecule has 0 saturated carbocycles. The zero-order valence-corrected chi connectivity index (χ0v) is 15.1. The zero-order chi connectivity index (χ0) is 18.1. The van der Waals surface area contributed by atoms with Crippen molar-refractivity contribution in [1.29, 1.82) is 0 Å². The highest BCUT2D eigenvalue weighted by Gasteiger charge is 2.39. The van der Waals surface area contributed by atoms with Crippen molar-refractivity contribution in [1.82, 2.24) is 4.90 Å². The fraction of sp³-hybridized carbons (Fsp3) is 0.286. The van der Waals surface area contributed by atoms with Crippen molar-refractivity contribution < 1.29 is 14.6 Å². The summed E-state index contributed by atoms with van der Waals surface area (Å²) in [7, 11) is 0. The van der Waals surface area contributed by atoms with E-state index in [9.17, 15) is 4.79 Å². The van der Waals surface area contributed by atoms with Crippen LogP contribution in [0.25, 0.3) is 5.57 Å². The number of likely N-dealkylation sites (tertiary alicyclic amines) is 1. The van der Waals surface area contributed by atoms with Gasteiger partial charge in [0.25, 0.3) is 0 Å². The molecular formula is C21H20ClNO3. The third kappa shape index (κ3) is 3.35. The van der Waals surface area contributed by atoms with Gasteiger partial charge in [-0.1, -0.05) is 41.9 Å². The molecule has 0 radical (unpaired) electrons. The molecule has 1 N–H and O–H groups in total. The van der Waals surface area contributed by atoms with Crippen molar-refractivity contribution in [3.8, 4) is 5.75 Å². The fourth-order valence-electron chi connectivity index (χ4n) is 3.77. The Hall–Kier alpha value is -2.30. The number of carbonyl (C=O) groups is 1. The van der Waals surface area contributed by atoms with Crippen LogP contribution in [0.2, 0.25) is 5.02 Å². The SMILES string of the molecule is O=C(O)CN1CCC2(C=C(c3ccccc3)c3cc(Cl)ccc3O2)CC1. The van der Waals surface area contributed by atoms with Gasteiger partial charge in [-0.05, 0) is 35.4 Å². The lowest BCUT2D eigenvalue weighted by Gasteiger charge is -2.42. The predicted octanol–water partition coefficient (Wildman–Crippen LogP) is 4.08. The van der Waals surface area contributed by atoms with Gasteiger partial charge in [-0.15, -0.1) is 0 Å². The molecule has 0 aromatic heterocycles. The van der Waals surface area contributed by atoms with Crippen LogP contribution in [0, 0.1) is 0 Å². The molecule has 4 nitrogen and oxygen atoms in total. The second-order valence-electron chi connectivity index (χ2n) is 6.90. The number of halogens is 1. The number of benzene rings is 2. The number of carboxylic acid groups (broad SMARTS) is 1. The van der Waals surface area contributed by atoms with E-state index in [4.69, 9.17) is 21.4 Å². The maximum absolute atomic E-state index is 11.0. The van der Waals surface area contributed by atoms with Gasteiger partial charge in [-0.3, -0.25) is 9.69 Å². The Labute approximate surface area is 157 Å². The lowest BCUT2D eigenvalue weighted by atomic mass is 9.83. The number of ether oxygens (including phenoxy) is 1. The number of hydrogen-bond donors (Lipinski definition) is 1. The smallest absolute Gasteiger partial charge is 0.317 e. The summed E-state index contributed by atoms with van der Waals surface area (Å²) >= 11 is 6.23. The summed E-state index contributed by atoms with van der Waals surface area (Å²) in [5, 5.41) is 9.70. The molecule has 1 spiro atoms. The highest BCUT2D eigenvalue weighted by molar-refractivity contribution is 6.30. The van der Waals surface area contributed by atoms with Crippen molar-refractivity contribution in [2.45, 2.75) is 18.4 Å². The number of hydrogen-bond acceptors (Lipinski definition) is 3. The topological polar surface area (TPSA) is 49.8 Å². The average molecular weight is 370 g/mol. The van der Waals surface area contributed by atoms with Crippen LogP contribution in [0.4, 0.5) is 0 Å². The summed E-state index contributed by atoms with van der Waals surface area (Å²) in [4.78, 5) is 12.9. The molecule has 0 amide bonds. The number of carboxylic acids is 1. The molecule has 5 heteroatoms. The molecule has 26 heavy (non-hydrogen) atoms. The van der Waals surface area contributed by atoms with Crippen LogP contribution in [0.1, 0.15) is 24.0 Å². The summed E-state index contributed by atoms with van der Waals surface area (Å²) in [6.45, 7) is 1.49. The molecule has 2 aliphatic rings. The minimum atomic E-state index is -0.786. The summed E-state index contributed by atoms with van der Waals surface area (Å²) in [6, 6.07) is 16.0. The van der Waals surface area contributed by atoms with Gasteiger partial charge in [-0.2, -0.15) is 0 Å². The lowest BCUT2D eigenvalue weighted by Crippen LogP contribution is -2.49. The monoisotopic (exact) mass is 369 g/mol. The quantitative estimate of drug-likeness (QED) is 0.885. The van der Waals surface area contributed by atoms with Crippen LogP contribution in [0.5, 0.6) is 5.75 Å². The van der Waals surface area contributed by atoms with E-state index in [1.807, 2.05) is 41.3 Å². The summed E-state index contributed by atoms with van der Waals surface area (Å²) in [5.41, 5.74) is 2.86. The molecule has 134 valence electrons. The molecule has 2 aromatic carbocycles. The first-order chi connectivity index (χ1) is 12.5. The minimum Gasteiger partial charge on any atom is -0.482 e. The van der Waals surface area contributed by atoms with Gasteiger partial charge in [0, 0.05) is 36.5 Å². The van der Waals surface area contributed by atoms with Crippen LogP contribution in [0.15, 0.2) is 54.6 Å². The average Bonchev–Trinajstić information content (AvgIpc) is 2.64. The van der Waals surface area contributed by atoms with Gasteiger partial charge in [-0.25, -0.2) is 0 Å². The minimum absolute atomic E-state index is 0.0809. The maximum atomic E-state index is 11.0. The van der Waals surface area contributed by atoms with E-state index in [0.29, 0.717) is 18.1 Å². The van der Waals surface area contributed by atoms with Crippen molar-refractivity contribution in [2.24, 2.45) is 0 Å². The van der Waals surface area contributed by atoms with Gasteiger partial charge < -0.3 is 9.84 Å². The highest BCUT2D eigenvalue weighted by atomic mass is 35.5. The fourth-order valence-corrected chi connectivity index (χ4v) is 3.95. The maximum Gasteiger partial charge on any atom is 0.317 e. The van der Waals surface area contributed by atoms with Crippen molar-refractivity contribution in [3.05, 3.63) is 70.8 Å². The molecule has 0 unspecified atom stereocenters. The lowest BCUT2D eigenvalue weighted by molar-refractivity contribution is -0.139. The van der Waals surface area contributed by atoms with E-state index in [1.165, 1.54) is 0 Å². The van der Waals surface area contributed by atoms with E-state index < -0.39 is 11.6 Å². The standard InChI is InChI=1S/C21H20ClNO3/c22-16-6-7-19-17(12-16)18(15-4-2-1-3-5-15)13-21(26-19)8-10-23(11-9-21)14-20(24)25/h1-7,12-13H,8-11,14H2,(H,24,25). The highest BCUT2D eigenvalue weighted by Crippen LogP contribution is 2.44. The number of nitrogens with zero attached hydrogens (tertiary/aromatic N) is 1. The second kappa shape index (κ2) is 6.78. The Kier molecular flexibility index (Phi) is 4.47. The van der Waals surface area contributed by atoms with Crippen LogP contribution < -0.4 is 4.74 Å². The van der Waals surface area contributed by atoms with Gasteiger partial charge >= 0.3 is 5.97 Å². The van der Waals surface area contributed by atoms with E-state index in [-0.39, 0.29) is 6.54 Å². The molecule has 2 aromatic rings. The van der Waals surface area contributed by atoms with Crippen molar-refractivity contribution >= 4 is 23.1 Å². The molecular weight excluding hydrogens is 350 g/mol. The van der Waals surface area contributed by atoms with Crippen LogP contribution in [-0.4, -0.2) is 41.2 Å². The largest absolute Gasteiger partial charge is 0.482 e. The summed E-state index contributed by atoms with van der Waals surface area (Å²) < 4.78 is 6.41. The number of piperidine rings is 1. The first-order valence-corrected chi connectivity index (χ1v) is 9.14. The van der Waals surface area contributed by atoms with E-state index >= 15 is 0 Å². The van der Waals surface area contributed by atoms with Crippen LogP contribution in [0.3, 0.4) is 0 Å². The first-order valence-electron chi connectivity index (χ1n) is 8.76. The molecule has 1 saturated heterocycles. The zero-order valence-electron chi connectivity index (χ0n) is 14.3. The molecule has 0 aliphatic carbocycles. The molecule has 2 aliphatic heterocycles. The van der Waals surface area contributed by atoms with Gasteiger partial charge in [0.05, 0.1) is 6.54 Å². The Morgan fingerprint density at radius 1 is 1.15 bits per heavy atom. The third-order valence-corrected chi connectivity index (χ3v) is 5.33. The van der Waals surface area contributed by atoms with Crippen molar-refractivity contribution in [2.75, 3.05) is 19.6 Å². The molecule has 4 rings (SSSR count). The first kappa shape index (κ1) is 17.1. The van der Waals surface area contributed by atoms with Gasteiger partial charge in [0.1, 0.15) is 11.4 Å². The number of aliphatic carboxylic acids is 1. The summed E-state index contributed by atoms with van der Waals surface area (Å²) in [5.74, 6) is 0.0495. The van der Waals surface area contributed by atoms with Gasteiger partial charge in [0.2, 0.25) is 0 Å². The van der Waals surface area contributed by atoms with E-state index in [2.05, 4.69) is 18.2 Å². The number of rotatable bonds is 3. The number of fused-ring (bicyclic) bond motifs is 1. The molecule has 0 bridgehead atoms. The van der Waals surface area contributed by atoms with E-state index in [0.717, 1.165) is 35.3 Å². The molecule has 0 atom stereocenters. The Balaban J connectivity index is 1.70. The van der Waals surface area contributed by atoms with Crippen LogP contribution >= 0.6 is 11.6 Å². The molecule has 2 heterocycles. The van der Waals surface area contributed by atoms with Gasteiger partial charge in [0.15, 0.2) is 0 Å². The van der Waals surface area contributed by atoms with Crippen LogP contribution in [-0.2, 0) is 4.79 Å². The second-order valence-corrected chi connectivity index (χ2v) is 7.34. The normalized spacial score (nSPS) is 18.7. The van der Waals surface area contributed by atoms with E-state index in [1.54, 1.807) is 0 Å².